The molecule has 0 aliphatic carbocycles. The van der Waals surface area contributed by atoms with E-state index in [1.165, 1.54) is 12.1 Å². The van der Waals surface area contributed by atoms with E-state index in [2.05, 4.69) is 10.6 Å². The molecule has 0 spiro atoms. The Labute approximate surface area is 113 Å². The Morgan fingerprint density at radius 1 is 1.32 bits per heavy atom. The Morgan fingerprint density at radius 2 is 2.00 bits per heavy atom. The minimum Gasteiger partial charge on any atom is -0.478 e. The van der Waals surface area contributed by atoms with E-state index in [1.54, 1.807) is 18.4 Å². The predicted octanol–water partition coefficient (Wildman–Crippen LogP) is 1.27. The van der Waals surface area contributed by atoms with E-state index in [-0.39, 0.29) is 11.3 Å². The highest BCUT2D eigenvalue weighted by atomic mass is 32.2. The molecule has 0 saturated carbocycles. The number of amides is 2. The number of aromatic carboxylic acids is 1. The highest BCUT2D eigenvalue weighted by molar-refractivity contribution is 7.84. The monoisotopic (exact) mass is 284 g/mol. The van der Waals surface area contributed by atoms with E-state index in [9.17, 15) is 13.8 Å². The van der Waals surface area contributed by atoms with E-state index in [1.807, 2.05) is 0 Å². The summed E-state index contributed by atoms with van der Waals surface area (Å²) in [4.78, 5) is 22.5. The van der Waals surface area contributed by atoms with Crippen molar-refractivity contribution in [2.24, 2.45) is 0 Å². The standard InChI is InChI=1S/C12H16N2O4S/c1-19(18)8-4-7-13-12(17)14-10-6-3-2-5-9(10)11(15)16/h2-3,5-6H,4,7-8H2,1H3,(H,15,16)(H2,13,14,17). The molecule has 0 aliphatic rings. The van der Waals surface area contributed by atoms with Crippen LogP contribution < -0.4 is 10.6 Å². The molecule has 0 aromatic heterocycles. The molecule has 6 nitrogen and oxygen atoms in total. The second-order valence-corrected chi connectivity index (χ2v) is 5.42. The van der Waals surface area contributed by atoms with Gasteiger partial charge in [0.25, 0.3) is 0 Å². The Morgan fingerprint density at radius 3 is 2.63 bits per heavy atom. The quantitative estimate of drug-likeness (QED) is 0.686. The average molecular weight is 284 g/mol. The van der Waals surface area contributed by atoms with Crippen LogP contribution in [0.3, 0.4) is 0 Å². The second-order valence-electron chi connectivity index (χ2n) is 3.86. The van der Waals surface area contributed by atoms with Crippen molar-refractivity contribution in [2.75, 3.05) is 23.9 Å². The zero-order valence-electron chi connectivity index (χ0n) is 10.5. The van der Waals surface area contributed by atoms with E-state index in [0.717, 1.165) is 0 Å². The van der Waals surface area contributed by atoms with Crippen LogP contribution in [0.4, 0.5) is 10.5 Å². The third kappa shape index (κ3) is 5.52. The van der Waals surface area contributed by atoms with Gasteiger partial charge in [-0.15, -0.1) is 0 Å². The van der Waals surface area contributed by atoms with Gasteiger partial charge < -0.3 is 15.7 Å². The van der Waals surface area contributed by atoms with Gasteiger partial charge in [0, 0.05) is 29.4 Å². The SMILES string of the molecule is CS(=O)CCCNC(=O)Nc1ccccc1C(=O)O. The highest BCUT2D eigenvalue weighted by Crippen LogP contribution is 2.14. The van der Waals surface area contributed by atoms with Gasteiger partial charge in [-0.2, -0.15) is 0 Å². The maximum absolute atomic E-state index is 11.5. The first-order valence-electron chi connectivity index (χ1n) is 5.68. The maximum Gasteiger partial charge on any atom is 0.337 e. The Kier molecular flexibility index (Phi) is 6.01. The molecule has 1 aromatic rings. The van der Waals surface area contributed by atoms with Crippen molar-refractivity contribution in [3.8, 4) is 0 Å². The fraction of sp³-hybridized carbons (Fsp3) is 0.333. The fourth-order valence-electron chi connectivity index (χ4n) is 1.42. The van der Waals surface area contributed by atoms with Crippen LogP contribution in [0.5, 0.6) is 0 Å². The molecule has 3 N–H and O–H groups in total. The number of urea groups is 1. The van der Waals surface area contributed by atoms with Gasteiger partial charge in [-0.3, -0.25) is 4.21 Å². The van der Waals surface area contributed by atoms with Crippen molar-refractivity contribution in [3.63, 3.8) is 0 Å². The molecule has 1 rings (SSSR count). The summed E-state index contributed by atoms with van der Waals surface area (Å²) >= 11 is 0. The highest BCUT2D eigenvalue weighted by Gasteiger charge is 2.10. The van der Waals surface area contributed by atoms with Gasteiger partial charge in [0.2, 0.25) is 0 Å². The van der Waals surface area contributed by atoms with Gasteiger partial charge in [0.1, 0.15) is 0 Å². The van der Waals surface area contributed by atoms with Crippen molar-refractivity contribution in [1.29, 1.82) is 0 Å². The van der Waals surface area contributed by atoms with E-state index >= 15 is 0 Å². The van der Waals surface area contributed by atoms with Gasteiger partial charge in [-0.1, -0.05) is 12.1 Å². The van der Waals surface area contributed by atoms with E-state index in [4.69, 9.17) is 5.11 Å². The molecule has 1 unspecified atom stereocenters. The molecule has 2 amide bonds. The van der Waals surface area contributed by atoms with Crippen LogP contribution in [0.15, 0.2) is 24.3 Å². The molecular weight excluding hydrogens is 268 g/mol. The average Bonchev–Trinajstić information content (AvgIpc) is 2.35. The molecule has 0 bridgehead atoms. The number of carbonyl (C=O) groups is 2. The number of anilines is 1. The van der Waals surface area contributed by atoms with Crippen molar-refractivity contribution in [3.05, 3.63) is 29.8 Å². The summed E-state index contributed by atoms with van der Waals surface area (Å²) < 4.78 is 10.8. The van der Waals surface area contributed by atoms with Crippen molar-refractivity contribution in [1.82, 2.24) is 5.32 Å². The van der Waals surface area contributed by atoms with E-state index < -0.39 is 22.8 Å². The van der Waals surface area contributed by atoms with Crippen LogP contribution in [-0.2, 0) is 10.8 Å². The number of rotatable bonds is 6. The Balaban J connectivity index is 2.48. The first-order chi connectivity index (χ1) is 9.00. The van der Waals surface area contributed by atoms with Gasteiger partial charge in [-0.25, -0.2) is 9.59 Å². The fourth-order valence-corrected chi connectivity index (χ4v) is 1.97. The number of nitrogens with one attached hydrogen (secondary N) is 2. The van der Waals surface area contributed by atoms with Crippen LogP contribution in [0.25, 0.3) is 0 Å². The van der Waals surface area contributed by atoms with Gasteiger partial charge in [-0.05, 0) is 18.6 Å². The molecule has 7 heteroatoms. The lowest BCUT2D eigenvalue weighted by molar-refractivity contribution is 0.0698. The minimum atomic E-state index is -1.10. The number of carbonyl (C=O) groups excluding carboxylic acids is 1. The molecular formula is C12H16N2O4S. The van der Waals surface area contributed by atoms with E-state index in [0.29, 0.717) is 18.7 Å². The molecule has 0 heterocycles. The van der Waals surface area contributed by atoms with Crippen LogP contribution in [0, 0.1) is 0 Å². The minimum absolute atomic E-state index is 0.0345. The zero-order valence-corrected chi connectivity index (χ0v) is 11.3. The van der Waals surface area contributed by atoms with Crippen molar-refractivity contribution >= 4 is 28.5 Å². The van der Waals surface area contributed by atoms with Crippen LogP contribution in [-0.4, -0.2) is 39.9 Å². The zero-order chi connectivity index (χ0) is 14.3. The molecule has 104 valence electrons. The molecule has 19 heavy (non-hydrogen) atoms. The van der Waals surface area contributed by atoms with Crippen LogP contribution >= 0.6 is 0 Å². The second kappa shape index (κ2) is 7.52. The Bertz CT molecular complexity index is 490. The largest absolute Gasteiger partial charge is 0.478 e. The van der Waals surface area contributed by atoms with Gasteiger partial charge >= 0.3 is 12.0 Å². The molecule has 0 fully saturated rings. The molecule has 0 aliphatic heterocycles. The van der Waals surface area contributed by atoms with Crippen molar-refractivity contribution < 1.29 is 18.9 Å². The maximum atomic E-state index is 11.5. The summed E-state index contributed by atoms with van der Waals surface area (Å²) in [6.45, 7) is 0.390. The Hall–Kier alpha value is -1.89. The lowest BCUT2D eigenvalue weighted by atomic mass is 10.2. The molecule has 0 radical (unpaired) electrons. The number of para-hydroxylation sites is 1. The third-order valence-corrected chi connectivity index (χ3v) is 3.16. The molecule has 0 saturated heterocycles. The number of hydrogen-bond donors (Lipinski definition) is 3. The lowest BCUT2D eigenvalue weighted by Crippen LogP contribution is -2.30. The summed E-state index contributed by atoms with van der Waals surface area (Å²) in [6, 6.07) is 5.68. The van der Waals surface area contributed by atoms with Crippen LogP contribution in [0.2, 0.25) is 0 Å². The number of carboxylic acid groups (broad SMARTS) is 1. The van der Waals surface area contributed by atoms with Crippen molar-refractivity contribution in [2.45, 2.75) is 6.42 Å². The number of hydrogen-bond acceptors (Lipinski definition) is 3. The summed E-state index contributed by atoms with van der Waals surface area (Å²) in [5.41, 5.74) is 0.277. The molecule has 1 aromatic carbocycles. The third-order valence-electron chi connectivity index (χ3n) is 2.30. The summed E-state index contributed by atoms with van der Waals surface area (Å²) in [5.74, 6) is -0.580. The summed E-state index contributed by atoms with van der Waals surface area (Å²) in [5, 5.41) is 14.0. The first-order valence-corrected chi connectivity index (χ1v) is 7.40. The lowest BCUT2D eigenvalue weighted by Gasteiger charge is -2.09. The molecule has 1 atom stereocenters. The van der Waals surface area contributed by atoms with Gasteiger partial charge in [0.15, 0.2) is 0 Å². The normalized spacial score (nSPS) is 11.6. The predicted molar refractivity (Wildman–Crippen MR) is 74.0 cm³/mol. The summed E-state index contributed by atoms with van der Waals surface area (Å²) in [7, 11) is -0.877. The van der Waals surface area contributed by atoms with Gasteiger partial charge in [0.05, 0.1) is 11.3 Å². The smallest absolute Gasteiger partial charge is 0.337 e. The topological polar surface area (TPSA) is 95.5 Å². The van der Waals surface area contributed by atoms with Crippen LogP contribution in [0.1, 0.15) is 16.8 Å². The number of benzene rings is 1. The summed E-state index contributed by atoms with van der Waals surface area (Å²) in [6.07, 6.45) is 2.21. The number of carboxylic acids is 1. The first kappa shape index (κ1) is 15.2.